The number of nitrogen functional groups attached to an aromatic ring is 2. The van der Waals surface area contributed by atoms with Crippen molar-refractivity contribution >= 4 is 29.4 Å². The van der Waals surface area contributed by atoms with Gasteiger partial charge >= 0.3 is 18.3 Å². The lowest BCUT2D eigenvalue weighted by molar-refractivity contribution is -0.274. The van der Waals surface area contributed by atoms with E-state index in [9.17, 15) is 22.8 Å². The van der Waals surface area contributed by atoms with Gasteiger partial charge in [0, 0.05) is 23.9 Å². The molecule has 3 rings (SSSR count). The Morgan fingerprint density at radius 2 is 1.46 bits per heavy atom. The van der Waals surface area contributed by atoms with Crippen LogP contribution in [0.2, 0.25) is 0 Å². The molecule has 7 nitrogen and oxygen atoms in total. The number of halogens is 3. The number of nitrogens with two attached hydrogens (primary N) is 2. The van der Waals surface area contributed by atoms with E-state index in [2.05, 4.69) is 4.74 Å². The summed E-state index contributed by atoms with van der Waals surface area (Å²) in [7, 11) is 0. The summed E-state index contributed by atoms with van der Waals surface area (Å²) in [5.41, 5.74) is 14.2. The molecule has 3 aromatic rings. The fourth-order valence-corrected chi connectivity index (χ4v) is 2.98. The first-order valence-corrected chi connectivity index (χ1v) is 10.3. The number of esters is 2. The van der Waals surface area contributed by atoms with Gasteiger partial charge in [0.25, 0.3) is 0 Å². The normalized spacial score (nSPS) is 11.3. The van der Waals surface area contributed by atoms with Crippen molar-refractivity contribution in [2.75, 3.05) is 18.1 Å². The number of rotatable bonds is 8. The van der Waals surface area contributed by atoms with Crippen molar-refractivity contribution in [1.82, 2.24) is 0 Å². The van der Waals surface area contributed by atoms with Crippen LogP contribution in [0.15, 0.2) is 72.8 Å². The largest absolute Gasteiger partial charge is 0.573 e. The zero-order valence-corrected chi connectivity index (χ0v) is 18.2. The monoisotopic (exact) mass is 486 g/mol. The van der Waals surface area contributed by atoms with Crippen LogP contribution in [-0.2, 0) is 16.0 Å². The SMILES string of the molecule is Nc1cc(N)cc(CCOC(=O)C=Cc2ccc(C(=O)Oc3ccc(OC(F)(F)F)cc3)cc2)c1. The second-order valence-corrected chi connectivity index (χ2v) is 7.29. The lowest BCUT2D eigenvalue weighted by Crippen LogP contribution is -2.17. The van der Waals surface area contributed by atoms with Crippen molar-refractivity contribution in [3.63, 3.8) is 0 Å². The van der Waals surface area contributed by atoms with Crippen molar-refractivity contribution in [2.24, 2.45) is 0 Å². The number of hydrogen-bond donors (Lipinski definition) is 2. The van der Waals surface area contributed by atoms with E-state index < -0.39 is 24.1 Å². The lowest BCUT2D eigenvalue weighted by Gasteiger charge is -2.09. The maximum absolute atomic E-state index is 12.2. The number of benzene rings is 3. The summed E-state index contributed by atoms with van der Waals surface area (Å²) in [4.78, 5) is 24.2. The molecule has 182 valence electrons. The fourth-order valence-electron chi connectivity index (χ4n) is 2.98. The van der Waals surface area contributed by atoms with Gasteiger partial charge in [-0.3, -0.25) is 0 Å². The Balaban J connectivity index is 1.48. The molecule has 0 aliphatic heterocycles. The van der Waals surface area contributed by atoms with Crippen LogP contribution in [0.4, 0.5) is 24.5 Å². The van der Waals surface area contributed by atoms with Crippen LogP contribution >= 0.6 is 0 Å². The highest BCUT2D eigenvalue weighted by molar-refractivity contribution is 5.91. The molecule has 0 amide bonds. The molecule has 0 radical (unpaired) electrons. The second-order valence-electron chi connectivity index (χ2n) is 7.29. The van der Waals surface area contributed by atoms with Crippen LogP contribution in [0, 0.1) is 0 Å². The number of ether oxygens (including phenoxy) is 3. The molecule has 0 saturated carbocycles. The second kappa shape index (κ2) is 11.1. The summed E-state index contributed by atoms with van der Waals surface area (Å²) in [5, 5.41) is 0. The molecule has 35 heavy (non-hydrogen) atoms. The molecule has 10 heteroatoms. The third-order valence-electron chi connectivity index (χ3n) is 4.50. The number of carbonyl (C=O) groups is 2. The molecule has 0 fully saturated rings. The first-order chi connectivity index (χ1) is 16.6. The van der Waals surface area contributed by atoms with Gasteiger partial charge in [0.1, 0.15) is 11.5 Å². The molecule has 3 aromatic carbocycles. The summed E-state index contributed by atoms with van der Waals surface area (Å²) in [5.74, 6) is -1.62. The van der Waals surface area contributed by atoms with E-state index in [1.54, 1.807) is 30.3 Å². The van der Waals surface area contributed by atoms with Crippen LogP contribution in [0.1, 0.15) is 21.5 Å². The summed E-state index contributed by atoms with van der Waals surface area (Å²) >= 11 is 0. The first kappa shape index (κ1) is 25.2. The average molecular weight is 486 g/mol. The van der Waals surface area contributed by atoms with Gasteiger partial charge in [-0.1, -0.05) is 12.1 Å². The molecule has 0 heterocycles. The quantitative estimate of drug-likeness (QED) is 0.204. The topological polar surface area (TPSA) is 114 Å². The van der Waals surface area contributed by atoms with E-state index in [0.29, 0.717) is 23.4 Å². The first-order valence-electron chi connectivity index (χ1n) is 10.3. The minimum atomic E-state index is -4.81. The van der Waals surface area contributed by atoms with Gasteiger partial charge in [-0.2, -0.15) is 0 Å². The third kappa shape index (κ3) is 8.43. The van der Waals surface area contributed by atoms with Gasteiger partial charge in [-0.15, -0.1) is 13.2 Å². The van der Waals surface area contributed by atoms with E-state index in [1.165, 1.54) is 36.4 Å². The van der Waals surface area contributed by atoms with Crippen LogP contribution in [-0.4, -0.2) is 24.9 Å². The summed E-state index contributed by atoms with van der Waals surface area (Å²) < 4.78 is 50.7. The van der Waals surface area contributed by atoms with E-state index in [1.807, 2.05) is 0 Å². The van der Waals surface area contributed by atoms with Crippen LogP contribution < -0.4 is 20.9 Å². The molecule has 4 N–H and O–H groups in total. The fraction of sp³-hybridized carbons (Fsp3) is 0.120. The van der Waals surface area contributed by atoms with Gasteiger partial charge in [-0.25, -0.2) is 9.59 Å². The zero-order chi connectivity index (χ0) is 25.4. The molecular weight excluding hydrogens is 465 g/mol. The maximum Gasteiger partial charge on any atom is 0.573 e. The number of hydrogen-bond acceptors (Lipinski definition) is 7. The molecule has 0 aliphatic rings. The summed E-state index contributed by atoms with van der Waals surface area (Å²) in [6, 6.07) is 15.7. The Morgan fingerprint density at radius 1 is 0.857 bits per heavy atom. The highest BCUT2D eigenvalue weighted by Crippen LogP contribution is 2.25. The maximum atomic E-state index is 12.2. The lowest BCUT2D eigenvalue weighted by atomic mass is 10.1. The molecule has 0 atom stereocenters. The third-order valence-corrected chi connectivity index (χ3v) is 4.50. The van der Waals surface area contributed by atoms with Crippen LogP contribution in [0.25, 0.3) is 6.08 Å². The highest BCUT2D eigenvalue weighted by atomic mass is 19.4. The Hall–Kier alpha value is -4.47. The number of anilines is 2. The minimum Gasteiger partial charge on any atom is -0.462 e. The zero-order valence-electron chi connectivity index (χ0n) is 18.2. The Bertz CT molecular complexity index is 1190. The minimum absolute atomic E-state index is 0.0529. The molecular formula is C25H21F3N2O5. The van der Waals surface area contributed by atoms with E-state index in [4.69, 9.17) is 20.9 Å². The smallest absolute Gasteiger partial charge is 0.462 e. The summed E-state index contributed by atoms with van der Waals surface area (Å²) in [6.07, 6.45) is -1.57. The van der Waals surface area contributed by atoms with Crippen molar-refractivity contribution in [1.29, 1.82) is 0 Å². The van der Waals surface area contributed by atoms with Crippen molar-refractivity contribution in [3.05, 3.63) is 89.5 Å². The Kier molecular flexibility index (Phi) is 7.98. The molecule has 0 bridgehead atoms. The molecule has 0 spiro atoms. The molecule has 0 aliphatic carbocycles. The molecule has 0 saturated heterocycles. The van der Waals surface area contributed by atoms with Crippen LogP contribution in [0.3, 0.4) is 0 Å². The number of alkyl halides is 3. The van der Waals surface area contributed by atoms with Crippen molar-refractivity contribution in [2.45, 2.75) is 12.8 Å². The van der Waals surface area contributed by atoms with Gasteiger partial charge in [0.15, 0.2) is 0 Å². The average Bonchev–Trinajstić information content (AvgIpc) is 2.78. The van der Waals surface area contributed by atoms with E-state index in [0.717, 1.165) is 17.7 Å². The highest BCUT2D eigenvalue weighted by Gasteiger charge is 2.31. The Labute approximate surface area is 198 Å². The molecule has 0 aromatic heterocycles. The van der Waals surface area contributed by atoms with Crippen molar-refractivity contribution < 1.29 is 37.0 Å². The summed E-state index contributed by atoms with van der Waals surface area (Å²) in [6.45, 7) is 0.153. The molecule has 0 unspecified atom stereocenters. The van der Waals surface area contributed by atoms with Gasteiger partial charge in [0.05, 0.1) is 12.2 Å². The Morgan fingerprint density at radius 3 is 2.06 bits per heavy atom. The van der Waals surface area contributed by atoms with Gasteiger partial charge in [0.2, 0.25) is 0 Å². The predicted molar refractivity (Wildman–Crippen MR) is 123 cm³/mol. The van der Waals surface area contributed by atoms with Gasteiger partial charge < -0.3 is 25.7 Å². The van der Waals surface area contributed by atoms with E-state index >= 15 is 0 Å². The van der Waals surface area contributed by atoms with E-state index in [-0.39, 0.29) is 17.9 Å². The van der Waals surface area contributed by atoms with Crippen LogP contribution in [0.5, 0.6) is 11.5 Å². The standard InChI is InChI=1S/C25H21F3N2O5/c26-25(27,28)35-22-8-6-21(7-9-22)34-24(32)18-4-1-16(2-5-18)3-10-23(31)33-12-11-17-13-19(29)15-20(30)14-17/h1-10,13-15H,11-12,29-30H2. The predicted octanol–water partition coefficient (Wildman–Crippen LogP) is 4.77. The van der Waals surface area contributed by atoms with Crippen molar-refractivity contribution in [3.8, 4) is 11.5 Å². The number of carbonyl (C=O) groups excluding carboxylic acids is 2. The van der Waals surface area contributed by atoms with Gasteiger partial charge in [-0.05, 0) is 71.8 Å².